The largest absolute Gasteiger partial charge is 0.496 e. The zero-order valence-electron chi connectivity index (χ0n) is 11.6. The van der Waals surface area contributed by atoms with Crippen LogP contribution in [0.3, 0.4) is 0 Å². The maximum atomic E-state index is 12.1. The lowest BCUT2D eigenvalue weighted by molar-refractivity contribution is -0.137. The van der Waals surface area contributed by atoms with Crippen LogP contribution in [-0.2, 0) is 4.79 Å². The number of unbranched alkanes of at least 4 members (excludes halogenated alkanes) is 2. The van der Waals surface area contributed by atoms with Crippen LogP contribution in [0.25, 0.3) is 0 Å². The highest BCUT2D eigenvalue weighted by molar-refractivity contribution is 14.1. The van der Waals surface area contributed by atoms with Crippen LogP contribution in [0.15, 0.2) is 12.1 Å². The van der Waals surface area contributed by atoms with E-state index < -0.39 is 5.97 Å². The molecular formula is C14H17ClINO4. The fourth-order valence-corrected chi connectivity index (χ4v) is 2.35. The highest BCUT2D eigenvalue weighted by Crippen LogP contribution is 2.28. The zero-order chi connectivity index (χ0) is 15.8. The number of carboxylic acid groups (broad SMARTS) is 1. The number of halogens is 2. The van der Waals surface area contributed by atoms with Crippen LogP contribution in [0.2, 0.25) is 5.02 Å². The molecule has 0 saturated heterocycles. The minimum Gasteiger partial charge on any atom is -0.496 e. The van der Waals surface area contributed by atoms with Gasteiger partial charge in [0.25, 0.3) is 5.91 Å². The first-order valence-corrected chi connectivity index (χ1v) is 7.94. The molecule has 5 nitrogen and oxygen atoms in total. The molecule has 0 unspecified atom stereocenters. The van der Waals surface area contributed by atoms with E-state index in [0.29, 0.717) is 29.3 Å². The van der Waals surface area contributed by atoms with Crippen molar-refractivity contribution in [3.05, 3.63) is 26.3 Å². The van der Waals surface area contributed by atoms with Gasteiger partial charge >= 0.3 is 5.97 Å². The van der Waals surface area contributed by atoms with E-state index in [2.05, 4.69) is 27.9 Å². The minimum atomic E-state index is -0.794. The third kappa shape index (κ3) is 6.09. The molecular weight excluding hydrogens is 409 g/mol. The Morgan fingerprint density at radius 3 is 2.67 bits per heavy atom. The Morgan fingerprint density at radius 2 is 2.05 bits per heavy atom. The summed E-state index contributed by atoms with van der Waals surface area (Å²) in [6.45, 7) is 0.491. The number of nitrogens with one attached hydrogen (secondary N) is 1. The Kier molecular flexibility index (Phi) is 7.81. The summed E-state index contributed by atoms with van der Waals surface area (Å²) in [5.41, 5.74) is 0.397. The van der Waals surface area contributed by atoms with Crippen molar-refractivity contribution in [2.24, 2.45) is 0 Å². The first-order chi connectivity index (χ1) is 9.95. The molecule has 21 heavy (non-hydrogen) atoms. The summed E-state index contributed by atoms with van der Waals surface area (Å²) in [7, 11) is 1.50. The van der Waals surface area contributed by atoms with E-state index >= 15 is 0 Å². The molecule has 0 radical (unpaired) electrons. The summed E-state index contributed by atoms with van der Waals surface area (Å²) in [4.78, 5) is 22.4. The Hall–Kier alpha value is -1.02. The lowest BCUT2D eigenvalue weighted by atomic mass is 10.1. The van der Waals surface area contributed by atoms with Gasteiger partial charge in [0.2, 0.25) is 0 Å². The molecule has 0 heterocycles. The Balaban J connectivity index is 2.49. The van der Waals surface area contributed by atoms with Gasteiger partial charge in [0, 0.05) is 16.5 Å². The standard InChI is InChI=1S/C14H17ClINO4/c1-21-12-8-11(16)10(15)7-9(12)14(20)17-6-4-2-3-5-13(18)19/h7-8H,2-6H2,1H3,(H,17,20)(H,18,19). The van der Waals surface area contributed by atoms with Crippen molar-refractivity contribution in [1.82, 2.24) is 5.32 Å². The van der Waals surface area contributed by atoms with Gasteiger partial charge in [-0.05, 0) is 47.6 Å². The molecule has 7 heteroatoms. The van der Waals surface area contributed by atoms with Crippen molar-refractivity contribution in [3.63, 3.8) is 0 Å². The van der Waals surface area contributed by atoms with Crippen LogP contribution in [0.1, 0.15) is 36.0 Å². The fraction of sp³-hybridized carbons (Fsp3) is 0.429. The van der Waals surface area contributed by atoms with Crippen LogP contribution in [-0.4, -0.2) is 30.6 Å². The topological polar surface area (TPSA) is 75.6 Å². The molecule has 1 aromatic carbocycles. The first kappa shape index (κ1) is 18.0. The number of carbonyl (C=O) groups is 2. The maximum Gasteiger partial charge on any atom is 0.303 e. The number of ether oxygens (including phenoxy) is 1. The van der Waals surface area contributed by atoms with Crippen LogP contribution in [0.4, 0.5) is 0 Å². The van der Waals surface area contributed by atoms with Crippen LogP contribution in [0.5, 0.6) is 5.75 Å². The second-order valence-electron chi connectivity index (χ2n) is 4.43. The van der Waals surface area contributed by atoms with E-state index in [9.17, 15) is 9.59 Å². The predicted octanol–water partition coefficient (Wildman–Crippen LogP) is 3.33. The van der Waals surface area contributed by atoms with Gasteiger partial charge in [-0.15, -0.1) is 0 Å². The molecule has 0 aliphatic heterocycles. The number of methoxy groups -OCH3 is 1. The summed E-state index contributed by atoms with van der Waals surface area (Å²) >= 11 is 8.09. The normalized spacial score (nSPS) is 10.2. The third-order valence-electron chi connectivity index (χ3n) is 2.84. The Morgan fingerprint density at radius 1 is 1.33 bits per heavy atom. The molecule has 0 atom stereocenters. The smallest absolute Gasteiger partial charge is 0.303 e. The van der Waals surface area contributed by atoms with Crippen molar-refractivity contribution >= 4 is 46.1 Å². The van der Waals surface area contributed by atoms with Gasteiger partial charge in [0.15, 0.2) is 0 Å². The lowest BCUT2D eigenvalue weighted by Crippen LogP contribution is -2.25. The summed E-state index contributed by atoms with van der Waals surface area (Å²) in [6.07, 6.45) is 2.27. The average molecular weight is 426 g/mol. The first-order valence-electron chi connectivity index (χ1n) is 6.48. The Labute approximate surface area is 142 Å². The fourth-order valence-electron chi connectivity index (χ4n) is 1.75. The number of hydrogen-bond donors (Lipinski definition) is 2. The van der Waals surface area contributed by atoms with Crippen molar-refractivity contribution in [2.45, 2.75) is 25.7 Å². The van der Waals surface area contributed by atoms with Gasteiger partial charge in [-0.1, -0.05) is 18.0 Å². The SMILES string of the molecule is COc1cc(I)c(Cl)cc1C(=O)NCCCCCC(=O)O. The van der Waals surface area contributed by atoms with E-state index in [-0.39, 0.29) is 12.3 Å². The number of carbonyl (C=O) groups excluding carboxylic acids is 1. The highest BCUT2D eigenvalue weighted by Gasteiger charge is 2.14. The number of aliphatic carboxylic acids is 1. The molecule has 1 amide bonds. The summed E-state index contributed by atoms with van der Waals surface area (Å²) in [5.74, 6) is -0.562. The molecule has 0 spiro atoms. The summed E-state index contributed by atoms with van der Waals surface area (Å²) in [6, 6.07) is 3.30. The molecule has 0 aliphatic carbocycles. The molecule has 1 rings (SSSR count). The van der Waals surface area contributed by atoms with E-state index in [0.717, 1.165) is 16.4 Å². The highest BCUT2D eigenvalue weighted by atomic mass is 127. The second-order valence-corrected chi connectivity index (χ2v) is 6.00. The van der Waals surface area contributed by atoms with Crippen molar-refractivity contribution < 1.29 is 19.4 Å². The van der Waals surface area contributed by atoms with Gasteiger partial charge in [-0.2, -0.15) is 0 Å². The predicted molar refractivity (Wildman–Crippen MR) is 89.2 cm³/mol. The van der Waals surface area contributed by atoms with Crippen LogP contribution >= 0.6 is 34.2 Å². The van der Waals surface area contributed by atoms with Crippen LogP contribution in [0, 0.1) is 3.57 Å². The van der Waals surface area contributed by atoms with Crippen molar-refractivity contribution in [3.8, 4) is 5.75 Å². The van der Waals surface area contributed by atoms with Gasteiger partial charge in [-0.3, -0.25) is 9.59 Å². The molecule has 0 fully saturated rings. The molecule has 0 bridgehead atoms. The number of carboxylic acids is 1. The molecule has 116 valence electrons. The molecule has 2 N–H and O–H groups in total. The van der Waals surface area contributed by atoms with Crippen molar-refractivity contribution in [1.29, 1.82) is 0 Å². The number of rotatable bonds is 8. The molecule has 0 saturated carbocycles. The van der Waals surface area contributed by atoms with E-state index in [4.69, 9.17) is 21.4 Å². The molecule has 0 aliphatic rings. The Bertz CT molecular complexity index is 522. The maximum absolute atomic E-state index is 12.1. The van der Waals surface area contributed by atoms with E-state index in [1.807, 2.05) is 0 Å². The number of hydrogen-bond acceptors (Lipinski definition) is 3. The van der Waals surface area contributed by atoms with Gasteiger partial charge in [0.05, 0.1) is 17.7 Å². The third-order valence-corrected chi connectivity index (χ3v) is 4.36. The van der Waals surface area contributed by atoms with Crippen molar-refractivity contribution in [2.75, 3.05) is 13.7 Å². The van der Waals surface area contributed by atoms with Gasteiger partial charge in [0.1, 0.15) is 5.75 Å². The van der Waals surface area contributed by atoms with Gasteiger partial charge in [-0.25, -0.2) is 0 Å². The lowest BCUT2D eigenvalue weighted by Gasteiger charge is -2.10. The summed E-state index contributed by atoms with van der Waals surface area (Å²) < 4.78 is 6.00. The average Bonchev–Trinajstić information content (AvgIpc) is 2.44. The monoisotopic (exact) mass is 425 g/mol. The number of amides is 1. The second kappa shape index (κ2) is 9.09. The molecule has 0 aromatic heterocycles. The van der Waals surface area contributed by atoms with E-state index in [1.165, 1.54) is 7.11 Å². The number of benzene rings is 1. The molecule has 1 aromatic rings. The van der Waals surface area contributed by atoms with Gasteiger partial charge < -0.3 is 15.2 Å². The van der Waals surface area contributed by atoms with E-state index in [1.54, 1.807) is 12.1 Å². The summed E-state index contributed by atoms with van der Waals surface area (Å²) in [5, 5.41) is 11.8. The quantitative estimate of drug-likeness (QED) is 0.495. The minimum absolute atomic E-state index is 0.161. The van der Waals surface area contributed by atoms with Crippen LogP contribution < -0.4 is 10.1 Å². The zero-order valence-corrected chi connectivity index (χ0v) is 14.5.